The fourth-order valence-electron chi connectivity index (χ4n) is 1.57. The third-order valence-corrected chi connectivity index (χ3v) is 2.69. The van der Waals surface area contributed by atoms with Gasteiger partial charge in [-0.25, -0.2) is 0 Å². The van der Waals surface area contributed by atoms with Crippen LogP contribution in [0.4, 0.5) is 0 Å². The maximum absolute atomic E-state index is 10.7. The molecule has 0 bridgehead atoms. The minimum Gasteiger partial charge on any atom is -0.508 e. The number of phenolic OH excluding ortho intramolecular Hbond substituents is 1. The minimum absolute atomic E-state index is 0.102. The lowest BCUT2D eigenvalue weighted by Crippen LogP contribution is -2.25. The number of hydrogen-bond donors (Lipinski definition) is 2. The van der Waals surface area contributed by atoms with Crippen LogP contribution in [0.2, 0.25) is 0 Å². The Morgan fingerprint density at radius 3 is 2.79 bits per heavy atom. The molecule has 0 heterocycles. The maximum atomic E-state index is 10.7. The van der Waals surface area contributed by atoms with E-state index in [-0.39, 0.29) is 11.3 Å². The lowest BCUT2D eigenvalue weighted by molar-refractivity contribution is 0.112. The number of aromatic hydroxyl groups is 1. The van der Waals surface area contributed by atoms with E-state index in [1.807, 2.05) is 0 Å². The lowest BCUT2D eigenvalue weighted by Gasteiger charge is -2.10. The van der Waals surface area contributed by atoms with Gasteiger partial charge in [-0.3, -0.25) is 4.79 Å². The Balaban J connectivity index is 2.27. The zero-order valence-corrected chi connectivity index (χ0v) is 7.86. The number of rotatable bonds is 3. The van der Waals surface area contributed by atoms with Crippen molar-refractivity contribution in [3.8, 4) is 5.75 Å². The Labute approximate surface area is 82.5 Å². The topological polar surface area (TPSA) is 63.3 Å². The highest BCUT2D eigenvalue weighted by molar-refractivity contribution is 5.78. The van der Waals surface area contributed by atoms with Crippen LogP contribution in [0.1, 0.15) is 28.8 Å². The van der Waals surface area contributed by atoms with Crippen molar-refractivity contribution in [2.45, 2.75) is 24.8 Å². The minimum atomic E-state index is -0.102. The zero-order valence-electron chi connectivity index (χ0n) is 7.86. The second kappa shape index (κ2) is 3.10. The second-order valence-electron chi connectivity index (χ2n) is 4.04. The van der Waals surface area contributed by atoms with Crippen molar-refractivity contribution in [1.29, 1.82) is 0 Å². The van der Waals surface area contributed by atoms with E-state index >= 15 is 0 Å². The summed E-state index contributed by atoms with van der Waals surface area (Å²) in [6, 6.07) is 4.84. The fourth-order valence-corrected chi connectivity index (χ4v) is 1.57. The summed E-state index contributed by atoms with van der Waals surface area (Å²) in [5, 5.41) is 9.19. The van der Waals surface area contributed by atoms with Gasteiger partial charge >= 0.3 is 0 Å². The highest BCUT2D eigenvalue weighted by Crippen LogP contribution is 2.36. The van der Waals surface area contributed by atoms with Gasteiger partial charge in [0, 0.05) is 11.1 Å². The molecule has 1 aromatic rings. The van der Waals surface area contributed by atoms with Crippen molar-refractivity contribution in [2.75, 3.05) is 0 Å². The van der Waals surface area contributed by atoms with E-state index in [9.17, 15) is 9.90 Å². The molecule has 0 unspecified atom stereocenters. The molecule has 2 rings (SSSR count). The van der Waals surface area contributed by atoms with E-state index < -0.39 is 0 Å². The third-order valence-electron chi connectivity index (χ3n) is 2.69. The van der Waals surface area contributed by atoms with Gasteiger partial charge in [0.1, 0.15) is 12.0 Å². The van der Waals surface area contributed by atoms with Crippen LogP contribution in [0.25, 0.3) is 0 Å². The van der Waals surface area contributed by atoms with E-state index in [4.69, 9.17) is 5.73 Å². The number of carbonyl (C=O) groups is 1. The zero-order chi connectivity index (χ0) is 10.2. The molecule has 0 spiro atoms. The first kappa shape index (κ1) is 9.21. The number of benzene rings is 1. The summed E-state index contributed by atoms with van der Waals surface area (Å²) >= 11 is 0. The Kier molecular flexibility index (Phi) is 2.04. The lowest BCUT2D eigenvalue weighted by atomic mass is 10.00. The summed E-state index contributed by atoms with van der Waals surface area (Å²) in [5.41, 5.74) is 7.33. The van der Waals surface area contributed by atoms with E-state index in [1.165, 1.54) is 6.07 Å². The van der Waals surface area contributed by atoms with Gasteiger partial charge in [0.25, 0.3) is 0 Å². The van der Waals surface area contributed by atoms with E-state index in [0.717, 1.165) is 31.1 Å². The average molecular weight is 191 g/mol. The maximum Gasteiger partial charge on any atom is 0.150 e. The van der Waals surface area contributed by atoms with Gasteiger partial charge in [-0.05, 0) is 37.0 Å². The van der Waals surface area contributed by atoms with Crippen LogP contribution in [0.3, 0.4) is 0 Å². The highest BCUT2D eigenvalue weighted by Gasteiger charge is 2.38. The number of nitrogens with two attached hydrogens (primary N) is 1. The summed E-state index contributed by atoms with van der Waals surface area (Å²) < 4.78 is 0. The van der Waals surface area contributed by atoms with Gasteiger partial charge in [0.05, 0.1) is 0 Å². The Morgan fingerprint density at radius 2 is 2.21 bits per heavy atom. The van der Waals surface area contributed by atoms with Crippen LogP contribution in [-0.4, -0.2) is 16.9 Å². The molecule has 1 saturated carbocycles. The van der Waals surface area contributed by atoms with Gasteiger partial charge in [0.15, 0.2) is 0 Å². The fraction of sp³-hybridized carbons (Fsp3) is 0.364. The molecule has 74 valence electrons. The molecule has 3 nitrogen and oxygen atoms in total. The first-order chi connectivity index (χ1) is 6.63. The summed E-state index contributed by atoms with van der Waals surface area (Å²) in [7, 11) is 0. The smallest absolute Gasteiger partial charge is 0.150 e. The largest absolute Gasteiger partial charge is 0.508 e. The van der Waals surface area contributed by atoms with Crippen molar-refractivity contribution >= 4 is 6.29 Å². The average Bonchev–Trinajstić information content (AvgIpc) is 2.87. The summed E-state index contributed by atoms with van der Waals surface area (Å²) in [5.74, 6) is 0.123. The first-order valence-corrected chi connectivity index (χ1v) is 4.69. The predicted octanol–water partition coefficient (Wildman–Crippen LogP) is 1.24. The van der Waals surface area contributed by atoms with Gasteiger partial charge < -0.3 is 10.8 Å². The van der Waals surface area contributed by atoms with E-state index in [2.05, 4.69) is 0 Å². The van der Waals surface area contributed by atoms with Crippen LogP contribution in [0.15, 0.2) is 18.2 Å². The van der Waals surface area contributed by atoms with Gasteiger partial charge in [-0.1, -0.05) is 6.07 Å². The van der Waals surface area contributed by atoms with Crippen LogP contribution in [0.5, 0.6) is 5.75 Å². The molecule has 1 aliphatic carbocycles. The molecule has 1 fully saturated rings. The SMILES string of the molecule is NC1(Cc2ccc(O)cc2C=O)CC1. The molecule has 0 radical (unpaired) electrons. The van der Waals surface area contributed by atoms with Crippen molar-refractivity contribution in [1.82, 2.24) is 0 Å². The van der Waals surface area contributed by atoms with Gasteiger partial charge in [-0.15, -0.1) is 0 Å². The monoisotopic (exact) mass is 191 g/mol. The van der Waals surface area contributed by atoms with Crippen molar-refractivity contribution in [3.63, 3.8) is 0 Å². The van der Waals surface area contributed by atoms with E-state index in [1.54, 1.807) is 12.1 Å². The van der Waals surface area contributed by atoms with Gasteiger partial charge in [-0.2, -0.15) is 0 Å². The molecular weight excluding hydrogens is 178 g/mol. The number of phenols is 1. The highest BCUT2D eigenvalue weighted by atomic mass is 16.3. The molecule has 0 atom stereocenters. The van der Waals surface area contributed by atoms with Crippen LogP contribution in [0, 0.1) is 0 Å². The molecule has 0 aliphatic heterocycles. The van der Waals surface area contributed by atoms with Crippen LogP contribution >= 0.6 is 0 Å². The van der Waals surface area contributed by atoms with Crippen molar-refractivity contribution < 1.29 is 9.90 Å². The molecule has 1 aliphatic rings. The summed E-state index contributed by atoms with van der Waals surface area (Å²) in [6.07, 6.45) is 3.53. The Morgan fingerprint density at radius 1 is 1.50 bits per heavy atom. The van der Waals surface area contributed by atoms with E-state index in [0.29, 0.717) is 5.56 Å². The third kappa shape index (κ3) is 1.77. The molecular formula is C11H13NO2. The van der Waals surface area contributed by atoms with Gasteiger partial charge in [0.2, 0.25) is 0 Å². The number of aldehydes is 1. The Bertz CT molecular complexity index is 370. The van der Waals surface area contributed by atoms with Crippen LogP contribution in [-0.2, 0) is 6.42 Å². The predicted molar refractivity (Wildman–Crippen MR) is 53.4 cm³/mol. The molecule has 14 heavy (non-hydrogen) atoms. The quantitative estimate of drug-likeness (QED) is 0.706. The number of carbonyl (C=O) groups excluding carboxylic acids is 1. The molecule has 1 aromatic carbocycles. The Hall–Kier alpha value is -1.35. The second-order valence-corrected chi connectivity index (χ2v) is 4.04. The molecule has 0 aromatic heterocycles. The molecule has 0 saturated heterocycles. The molecule has 0 amide bonds. The van der Waals surface area contributed by atoms with Crippen LogP contribution < -0.4 is 5.73 Å². The first-order valence-electron chi connectivity index (χ1n) is 4.69. The molecule has 3 N–H and O–H groups in total. The standard InChI is InChI=1S/C11H13NO2/c12-11(3-4-11)6-8-1-2-10(14)5-9(8)7-13/h1-2,5,7,14H,3-4,6,12H2. The number of hydrogen-bond acceptors (Lipinski definition) is 3. The normalized spacial score (nSPS) is 17.8. The molecule has 3 heteroatoms. The summed E-state index contributed by atoms with van der Waals surface area (Å²) in [6.45, 7) is 0. The summed E-state index contributed by atoms with van der Waals surface area (Å²) in [4.78, 5) is 10.7. The van der Waals surface area contributed by atoms with Crippen molar-refractivity contribution in [3.05, 3.63) is 29.3 Å². The van der Waals surface area contributed by atoms with Crippen molar-refractivity contribution in [2.24, 2.45) is 5.73 Å².